The van der Waals surface area contributed by atoms with E-state index in [0.717, 1.165) is 16.7 Å². The molecule has 0 aliphatic rings. The number of nitrogens with one attached hydrogen (secondary N) is 1. The van der Waals surface area contributed by atoms with Crippen molar-refractivity contribution in [1.29, 1.82) is 0 Å². The number of ether oxygens (including phenoxy) is 1. The van der Waals surface area contributed by atoms with E-state index in [0.29, 0.717) is 31.1 Å². The normalized spacial score (nSPS) is 10.8. The van der Waals surface area contributed by atoms with E-state index in [1.54, 1.807) is 19.1 Å². The van der Waals surface area contributed by atoms with Crippen LogP contribution in [0, 0.1) is 0 Å². The average Bonchev–Trinajstić information content (AvgIpc) is 2.98. The van der Waals surface area contributed by atoms with Crippen LogP contribution in [-0.2, 0) is 11.3 Å². The zero-order chi connectivity index (χ0) is 17.6. The zero-order valence-corrected chi connectivity index (χ0v) is 14.1. The molecule has 2 N–H and O–H groups in total. The highest BCUT2D eigenvalue weighted by Gasteiger charge is 2.11. The monoisotopic (exact) mass is 339 g/mol. The van der Waals surface area contributed by atoms with Gasteiger partial charge in [0, 0.05) is 18.8 Å². The maximum absolute atomic E-state index is 11.7. The Bertz CT molecular complexity index is 856. The van der Waals surface area contributed by atoms with Gasteiger partial charge in [-0.2, -0.15) is 0 Å². The van der Waals surface area contributed by atoms with Gasteiger partial charge in [-0.3, -0.25) is 0 Å². The highest BCUT2D eigenvalue weighted by Crippen LogP contribution is 2.23. The fourth-order valence-corrected chi connectivity index (χ4v) is 2.66. The van der Waals surface area contributed by atoms with Crippen molar-refractivity contribution in [3.05, 3.63) is 54.1 Å². The lowest BCUT2D eigenvalue weighted by molar-refractivity contribution is 0.0526. The lowest BCUT2D eigenvalue weighted by Gasteiger charge is -2.10. The lowest BCUT2D eigenvalue weighted by Crippen LogP contribution is -2.06. The first kappa shape index (κ1) is 17.0. The van der Waals surface area contributed by atoms with E-state index in [-0.39, 0.29) is 12.6 Å². The highest BCUT2D eigenvalue weighted by molar-refractivity contribution is 5.90. The molecule has 6 nitrogen and oxygen atoms in total. The van der Waals surface area contributed by atoms with Gasteiger partial charge in [0.25, 0.3) is 0 Å². The summed E-state index contributed by atoms with van der Waals surface area (Å²) in [7, 11) is 0. The number of aromatic nitrogens is 2. The second kappa shape index (κ2) is 7.81. The summed E-state index contributed by atoms with van der Waals surface area (Å²) in [5.74, 6) is 0.378. The molecule has 3 rings (SSSR count). The molecule has 1 aromatic heterocycles. The number of carbonyl (C=O) groups is 1. The van der Waals surface area contributed by atoms with Crippen LogP contribution in [0.25, 0.3) is 11.0 Å². The number of aliphatic hydroxyl groups excluding tert-OH is 1. The molecule has 0 spiro atoms. The summed E-state index contributed by atoms with van der Waals surface area (Å²) in [6, 6.07) is 15.0. The average molecular weight is 339 g/mol. The number of aliphatic hydroxyl groups is 1. The third kappa shape index (κ3) is 3.80. The summed E-state index contributed by atoms with van der Waals surface area (Å²) in [6.45, 7) is 2.93. The molecule has 0 aliphatic heterocycles. The van der Waals surface area contributed by atoms with Gasteiger partial charge in [-0.05, 0) is 49.7 Å². The van der Waals surface area contributed by atoms with Gasteiger partial charge in [-0.25, -0.2) is 9.78 Å². The van der Waals surface area contributed by atoms with E-state index in [1.165, 1.54) is 0 Å². The summed E-state index contributed by atoms with van der Waals surface area (Å²) >= 11 is 0. The number of hydrogen-bond donors (Lipinski definition) is 2. The number of para-hydroxylation sites is 2. The van der Waals surface area contributed by atoms with Crippen molar-refractivity contribution >= 4 is 28.6 Å². The molecule has 6 heteroatoms. The van der Waals surface area contributed by atoms with E-state index in [1.807, 2.05) is 41.0 Å². The van der Waals surface area contributed by atoms with Crippen molar-refractivity contribution in [2.45, 2.75) is 19.9 Å². The smallest absolute Gasteiger partial charge is 0.338 e. The fraction of sp³-hybridized carbons (Fsp3) is 0.263. The number of benzene rings is 2. The van der Waals surface area contributed by atoms with Crippen LogP contribution in [-0.4, -0.2) is 33.8 Å². The third-order valence-corrected chi connectivity index (χ3v) is 3.85. The van der Waals surface area contributed by atoms with Crippen molar-refractivity contribution < 1.29 is 14.6 Å². The molecule has 0 bridgehead atoms. The Balaban J connectivity index is 1.85. The molecule has 0 amide bonds. The Morgan fingerprint density at radius 3 is 2.68 bits per heavy atom. The first-order valence-corrected chi connectivity index (χ1v) is 8.33. The first-order valence-electron chi connectivity index (χ1n) is 8.33. The van der Waals surface area contributed by atoms with Crippen molar-refractivity contribution in [2.75, 3.05) is 18.5 Å². The van der Waals surface area contributed by atoms with Crippen LogP contribution in [0.15, 0.2) is 48.5 Å². The number of fused-ring (bicyclic) bond motifs is 1. The molecule has 0 radical (unpaired) electrons. The van der Waals surface area contributed by atoms with Gasteiger partial charge in [0.05, 0.1) is 23.2 Å². The van der Waals surface area contributed by atoms with Gasteiger partial charge in [0.2, 0.25) is 5.95 Å². The molecule has 1 heterocycles. The van der Waals surface area contributed by atoms with E-state index in [2.05, 4.69) is 10.3 Å². The van der Waals surface area contributed by atoms with Gasteiger partial charge in [-0.15, -0.1) is 0 Å². The maximum Gasteiger partial charge on any atom is 0.338 e. The number of nitrogens with zero attached hydrogens (tertiary/aromatic N) is 2. The van der Waals surface area contributed by atoms with E-state index in [4.69, 9.17) is 9.84 Å². The van der Waals surface area contributed by atoms with Crippen molar-refractivity contribution in [1.82, 2.24) is 9.55 Å². The highest BCUT2D eigenvalue weighted by atomic mass is 16.5. The van der Waals surface area contributed by atoms with Crippen LogP contribution >= 0.6 is 0 Å². The van der Waals surface area contributed by atoms with Gasteiger partial charge in [-0.1, -0.05) is 12.1 Å². The van der Waals surface area contributed by atoms with Crippen molar-refractivity contribution in [3.63, 3.8) is 0 Å². The molecule has 130 valence electrons. The SMILES string of the molecule is CCOC(=O)c1ccc(Nc2nc3ccccc3n2CCCO)cc1. The number of rotatable bonds is 7. The summed E-state index contributed by atoms with van der Waals surface area (Å²) in [5.41, 5.74) is 3.25. The third-order valence-electron chi connectivity index (χ3n) is 3.85. The first-order chi connectivity index (χ1) is 12.2. The quantitative estimate of drug-likeness (QED) is 0.646. The number of esters is 1. The maximum atomic E-state index is 11.7. The summed E-state index contributed by atoms with van der Waals surface area (Å²) in [6.07, 6.45) is 0.650. The standard InChI is InChI=1S/C19H21N3O3/c1-2-25-18(24)14-8-10-15(11-9-14)20-19-21-16-6-3-4-7-17(16)22(19)12-5-13-23/h3-4,6-11,23H,2,5,12-13H2,1H3,(H,20,21). The van der Waals surface area contributed by atoms with Crippen LogP contribution < -0.4 is 5.32 Å². The van der Waals surface area contributed by atoms with Crippen LogP contribution in [0.1, 0.15) is 23.7 Å². The molecule has 0 unspecified atom stereocenters. The summed E-state index contributed by atoms with van der Waals surface area (Å²) in [4.78, 5) is 16.3. The lowest BCUT2D eigenvalue weighted by atomic mass is 10.2. The fourth-order valence-electron chi connectivity index (χ4n) is 2.66. The number of aryl methyl sites for hydroxylation is 1. The predicted octanol–water partition coefficient (Wildman–Crippen LogP) is 3.34. The molecule has 0 aliphatic carbocycles. The Labute approximate surface area is 146 Å². The second-order valence-corrected chi connectivity index (χ2v) is 5.58. The number of carbonyl (C=O) groups excluding carboxylic acids is 1. The minimum absolute atomic E-state index is 0.125. The molecule has 25 heavy (non-hydrogen) atoms. The minimum atomic E-state index is -0.329. The molecule has 0 fully saturated rings. The zero-order valence-electron chi connectivity index (χ0n) is 14.1. The van der Waals surface area contributed by atoms with Crippen molar-refractivity contribution in [2.24, 2.45) is 0 Å². The Morgan fingerprint density at radius 2 is 1.96 bits per heavy atom. The van der Waals surface area contributed by atoms with Crippen LogP contribution in [0.5, 0.6) is 0 Å². The van der Waals surface area contributed by atoms with Gasteiger partial charge >= 0.3 is 5.97 Å². The number of imidazole rings is 1. The Hall–Kier alpha value is -2.86. The molecular formula is C19H21N3O3. The summed E-state index contributed by atoms with van der Waals surface area (Å²) < 4.78 is 7.04. The van der Waals surface area contributed by atoms with Crippen LogP contribution in [0.2, 0.25) is 0 Å². The second-order valence-electron chi connectivity index (χ2n) is 5.58. The largest absolute Gasteiger partial charge is 0.462 e. The van der Waals surface area contributed by atoms with E-state index < -0.39 is 0 Å². The minimum Gasteiger partial charge on any atom is -0.462 e. The molecule has 0 saturated heterocycles. The number of anilines is 2. The molecular weight excluding hydrogens is 318 g/mol. The van der Waals surface area contributed by atoms with Crippen molar-refractivity contribution in [3.8, 4) is 0 Å². The Kier molecular flexibility index (Phi) is 5.30. The van der Waals surface area contributed by atoms with Gasteiger partial charge in [0.1, 0.15) is 0 Å². The molecule has 0 atom stereocenters. The Morgan fingerprint density at radius 1 is 1.20 bits per heavy atom. The van der Waals surface area contributed by atoms with Crippen LogP contribution in [0.4, 0.5) is 11.6 Å². The molecule has 2 aromatic carbocycles. The van der Waals surface area contributed by atoms with Crippen LogP contribution in [0.3, 0.4) is 0 Å². The number of hydrogen-bond acceptors (Lipinski definition) is 5. The molecule has 0 saturated carbocycles. The molecule has 3 aromatic rings. The predicted molar refractivity (Wildman–Crippen MR) is 97.1 cm³/mol. The van der Waals surface area contributed by atoms with Gasteiger partial charge < -0.3 is 19.7 Å². The summed E-state index contributed by atoms with van der Waals surface area (Å²) in [5, 5.41) is 12.4. The topological polar surface area (TPSA) is 76.4 Å². The van der Waals surface area contributed by atoms with Gasteiger partial charge in [0.15, 0.2) is 0 Å². The van der Waals surface area contributed by atoms with E-state index in [9.17, 15) is 4.79 Å². The van der Waals surface area contributed by atoms with E-state index >= 15 is 0 Å².